The minimum atomic E-state index is -1.54. The molecule has 0 saturated heterocycles. The van der Waals surface area contributed by atoms with Crippen LogP contribution in [-0.4, -0.2) is 33.3 Å². The fourth-order valence-corrected chi connectivity index (χ4v) is 1.91. The molecule has 7 nitrogen and oxygen atoms in total. The van der Waals surface area contributed by atoms with Crippen LogP contribution in [0.4, 0.5) is 4.79 Å². The van der Waals surface area contributed by atoms with Crippen LogP contribution in [0.5, 0.6) is 0 Å². The number of aliphatic hydroxyl groups is 1. The SMILES string of the molecule is O=C(N[C@@H](C(=O)O)[C@@H](O)c1cccnc1)OCc1ccccc1. The number of pyridine rings is 1. The summed E-state index contributed by atoms with van der Waals surface area (Å²) in [6.45, 7) is 0.00198. The normalized spacial score (nSPS) is 12.9. The molecule has 23 heavy (non-hydrogen) atoms. The first-order valence-electron chi connectivity index (χ1n) is 6.86. The van der Waals surface area contributed by atoms with Crippen molar-refractivity contribution in [2.75, 3.05) is 0 Å². The van der Waals surface area contributed by atoms with Gasteiger partial charge in [0.05, 0.1) is 0 Å². The third-order valence-corrected chi connectivity index (χ3v) is 3.09. The Morgan fingerprint density at radius 3 is 2.52 bits per heavy atom. The molecular formula is C16H16N2O5. The van der Waals surface area contributed by atoms with Crippen LogP contribution in [0.2, 0.25) is 0 Å². The number of alkyl carbamates (subject to hydrolysis) is 1. The molecule has 0 fully saturated rings. The number of benzene rings is 1. The summed E-state index contributed by atoms with van der Waals surface area (Å²) in [6, 6.07) is 10.5. The minimum Gasteiger partial charge on any atom is -0.480 e. The summed E-state index contributed by atoms with van der Waals surface area (Å²) in [5, 5.41) is 21.4. The lowest BCUT2D eigenvalue weighted by atomic mass is 10.0. The second-order valence-electron chi connectivity index (χ2n) is 4.75. The Kier molecular flexibility index (Phi) is 5.65. The number of aromatic nitrogens is 1. The Bertz CT molecular complexity index is 648. The summed E-state index contributed by atoms with van der Waals surface area (Å²) in [5.41, 5.74) is 1.05. The molecule has 0 aliphatic rings. The molecule has 0 saturated carbocycles. The third kappa shape index (κ3) is 4.79. The van der Waals surface area contributed by atoms with Gasteiger partial charge in [0, 0.05) is 18.0 Å². The van der Waals surface area contributed by atoms with Crippen molar-refractivity contribution in [3.8, 4) is 0 Å². The molecule has 0 bridgehead atoms. The van der Waals surface area contributed by atoms with Gasteiger partial charge in [0.25, 0.3) is 0 Å². The largest absolute Gasteiger partial charge is 0.480 e. The Hall–Kier alpha value is -2.93. The van der Waals surface area contributed by atoms with Crippen molar-refractivity contribution in [2.24, 2.45) is 0 Å². The highest BCUT2D eigenvalue weighted by Crippen LogP contribution is 2.16. The average Bonchev–Trinajstić information content (AvgIpc) is 2.58. The highest BCUT2D eigenvalue weighted by molar-refractivity contribution is 5.80. The summed E-state index contributed by atoms with van der Waals surface area (Å²) in [7, 11) is 0. The number of carbonyl (C=O) groups is 2. The van der Waals surface area contributed by atoms with Crippen molar-refractivity contribution in [1.82, 2.24) is 10.3 Å². The fourth-order valence-electron chi connectivity index (χ4n) is 1.91. The fraction of sp³-hybridized carbons (Fsp3) is 0.188. The van der Waals surface area contributed by atoms with Gasteiger partial charge in [0.1, 0.15) is 12.7 Å². The second kappa shape index (κ2) is 7.90. The van der Waals surface area contributed by atoms with Crippen LogP contribution in [0.15, 0.2) is 54.9 Å². The Morgan fingerprint density at radius 2 is 1.91 bits per heavy atom. The quantitative estimate of drug-likeness (QED) is 0.745. The van der Waals surface area contributed by atoms with E-state index in [-0.39, 0.29) is 12.2 Å². The second-order valence-corrected chi connectivity index (χ2v) is 4.75. The maximum absolute atomic E-state index is 11.7. The van der Waals surface area contributed by atoms with E-state index in [0.717, 1.165) is 5.56 Å². The van der Waals surface area contributed by atoms with Crippen molar-refractivity contribution in [3.63, 3.8) is 0 Å². The number of carboxylic acid groups (broad SMARTS) is 1. The molecule has 0 aliphatic carbocycles. The van der Waals surface area contributed by atoms with E-state index in [1.54, 1.807) is 30.3 Å². The van der Waals surface area contributed by atoms with Gasteiger partial charge < -0.3 is 20.3 Å². The van der Waals surface area contributed by atoms with Gasteiger partial charge in [-0.15, -0.1) is 0 Å². The predicted octanol–water partition coefficient (Wildman–Crippen LogP) is 1.49. The Labute approximate surface area is 132 Å². The van der Waals surface area contributed by atoms with Crippen molar-refractivity contribution in [1.29, 1.82) is 0 Å². The maximum Gasteiger partial charge on any atom is 0.408 e. The number of ether oxygens (including phenoxy) is 1. The molecule has 120 valence electrons. The number of carboxylic acids is 1. The number of rotatable bonds is 6. The average molecular weight is 316 g/mol. The molecule has 2 atom stereocenters. The molecule has 1 amide bonds. The standard InChI is InChI=1S/C16H16N2O5/c19-14(12-7-4-8-17-9-12)13(15(20)21)18-16(22)23-10-11-5-2-1-3-6-11/h1-9,13-14,19H,10H2,(H,18,22)(H,20,21)/t13-,14+/m1/s1. The lowest BCUT2D eigenvalue weighted by Crippen LogP contribution is -2.45. The topological polar surface area (TPSA) is 109 Å². The van der Waals surface area contributed by atoms with Crippen LogP contribution in [0.3, 0.4) is 0 Å². The molecule has 0 aliphatic heterocycles. The number of aliphatic carboxylic acids is 1. The van der Waals surface area contributed by atoms with E-state index >= 15 is 0 Å². The van der Waals surface area contributed by atoms with Crippen LogP contribution in [0, 0.1) is 0 Å². The lowest BCUT2D eigenvalue weighted by molar-refractivity contribution is -0.142. The summed E-state index contributed by atoms with van der Waals surface area (Å²) >= 11 is 0. The molecule has 2 rings (SSSR count). The van der Waals surface area contributed by atoms with Crippen LogP contribution >= 0.6 is 0 Å². The number of hydrogen-bond donors (Lipinski definition) is 3. The number of carbonyl (C=O) groups excluding carboxylic acids is 1. The van der Waals surface area contributed by atoms with Crippen LogP contribution in [0.25, 0.3) is 0 Å². The molecule has 2 aromatic rings. The first-order valence-corrected chi connectivity index (χ1v) is 6.86. The van der Waals surface area contributed by atoms with Crippen LogP contribution in [0.1, 0.15) is 17.2 Å². The lowest BCUT2D eigenvalue weighted by Gasteiger charge is -2.20. The Morgan fingerprint density at radius 1 is 1.17 bits per heavy atom. The van der Waals surface area contributed by atoms with Gasteiger partial charge in [-0.2, -0.15) is 0 Å². The zero-order valence-corrected chi connectivity index (χ0v) is 12.1. The van der Waals surface area contributed by atoms with Crippen molar-refractivity contribution in [3.05, 3.63) is 66.0 Å². The monoisotopic (exact) mass is 316 g/mol. The minimum absolute atomic E-state index is 0.00198. The smallest absolute Gasteiger partial charge is 0.408 e. The van der Waals surface area contributed by atoms with Crippen molar-refractivity contribution < 1.29 is 24.5 Å². The van der Waals surface area contributed by atoms with Gasteiger partial charge >= 0.3 is 12.1 Å². The van der Waals surface area contributed by atoms with Crippen LogP contribution in [-0.2, 0) is 16.1 Å². The highest BCUT2D eigenvalue weighted by atomic mass is 16.5. The maximum atomic E-state index is 11.7. The molecule has 0 radical (unpaired) electrons. The van der Waals surface area contributed by atoms with Crippen LogP contribution < -0.4 is 5.32 Å². The summed E-state index contributed by atoms with van der Waals surface area (Å²) in [5.74, 6) is -1.38. The number of nitrogens with one attached hydrogen (secondary N) is 1. The van der Waals surface area contributed by atoms with E-state index in [4.69, 9.17) is 4.74 Å². The Balaban J connectivity index is 1.96. The van der Waals surface area contributed by atoms with Gasteiger partial charge in [-0.1, -0.05) is 36.4 Å². The van der Waals surface area contributed by atoms with E-state index in [0.29, 0.717) is 0 Å². The van der Waals surface area contributed by atoms with Gasteiger partial charge in [-0.25, -0.2) is 9.59 Å². The molecular weight excluding hydrogens is 300 g/mol. The number of hydrogen-bond acceptors (Lipinski definition) is 5. The molecule has 1 aromatic heterocycles. The number of nitrogens with zero attached hydrogens (tertiary/aromatic N) is 1. The van der Waals surface area contributed by atoms with Gasteiger partial charge in [-0.05, 0) is 11.6 Å². The third-order valence-electron chi connectivity index (χ3n) is 3.09. The zero-order valence-electron chi connectivity index (χ0n) is 12.1. The summed E-state index contributed by atoms with van der Waals surface area (Å²) in [6.07, 6.45) is 0.458. The van der Waals surface area contributed by atoms with Crippen molar-refractivity contribution in [2.45, 2.75) is 18.8 Å². The van der Waals surface area contributed by atoms with Crippen molar-refractivity contribution >= 4 is 12.1 Å². The summed E-state index contributed by atoms with van der Waals surface area (Å²) < 4.78 is 4.95. The van der Waals surface area contributed by atoms with Gasteiger partial charge in [0.2, 0.25) is 0 Å². The molecule has 0 unspecified atom stereocenters. The molecule has 0 spiro atoms. The predicted molar refractivity (Wildman–Crippen MR) is 80.4 cm³/mol. The molecule has 7 heteroatoms. The van der Waals surface area contributed by atoms with Gasteiger partial charge in [0.15, 0.2) is 6.04 Å². The highest BCUT2D eigenvalue weighted by Gasteiger charge is 2.30. The van der Waals surface area contributed by atoms with E-state index in [1.165, 1.54) is 18.5 Å². The molecule has 3 N–H and O–H groups in total. The van der Waals surface area contributed by atoms with Gasteiger partial charge in [-0.3, -0.25) is 4.98 Å². The first-order chi connectivity index (χ1) is 11.1. The first kappa shape index (κ1) is 16.4. The van der Waals surface area contributed by atoms with E-state index in [2.05, 4.69) is 10.3 Å². The number of amides is 1. The van der Waals surface area contributed by atoms with E-state index in [1.807, 2.05) is 6.07 Å². The molecule has 1 aromatic carbocycles. The number of aliphatic hydroxyl groups excluding tert-OH is 1. The molecule has 1 heterocycles. The van der Waals surface area contributed by atoms with E-state index in [9.17, 15) is 19.8 Å². The zero-order chi connectivity index (χ0) is 16.7. The van der Waals surface area contributed by atoms with E-state index < -0.39 is 24.2 Å². The summed E-state index contributed by atoms with van der Waals surface area (Å²) in [4.78, 5) is 26.8.